The molecule has 2 saturated heterocycles. The van der Waals surface area contributed by atoms with Crippen molar-refractivity contribution in [1.82, 2.24) is 9.80 Å². The molecule has 0 saturated carbocycles. The predicted molar refractivity (Wildman–Crippen MR) is 111 cm³/mol. The van der Waals surface area contributed by atoms with E-state index in [9.17, 15) is 9.59 Å². The van der Waals surface area contributed by atoms with Crippen LogP contribution in [0.1, 0.15) is 20.3 Å². The summed E-state index contributed by atoms with van der Waals surface area (Å²) in [5, 5.41) is 0. The molecular weight excluding hydrogens is 356 g/mol. The predicted octanol–water partition coefficient (Wildman–Crippen LogP) is 1.43. The molecule has 0 bridgehead atoms. The van der Waals surface area contributed by atoms with E-state index in [0.29, 0.717) is 26.2 Å². The van der Waals surface area contributed by atoms with Crippen LogP contribution in [0.25, 0.3) is 0 Å². The third-order valence-electron chi connectivity index (χ3n) is 5.63. The van der Waals surface area contributed by atoms with Crippen molar-refractivity contribution in [1.29, 1.82) is 0 Å². The second kappa shape index (κ2) is 9.89. The van der Waals surface area contributed by atoms with Crippen LogP contribution in [0.3, 0.4) is 0 Å². The molecule has 2 heterocycles. The molecule has 3 rings (SSSR count). The average Bonchev–Trinajstić information content (AvgIpc) is 2.74. The summed E-state index contributed by atoms with van der Waals surface area (Å²) < 4.78 is 5.45. The van der Waals surface area contributed by atoms with E-state index in [-0.39, 0.29) is 11.8 Å². The van der Waals surface area contributed by atoms with E-state index >= 15 is 0 Å². The fourth-order valence-electron chi connectivity index (χ4n) is 3.89. The Morgan fingerprint density at radius 2 is 1.71 bits per heavy atom. The zero-order chi connectivity index (χ0) is 19.9. The minimum absolute atomic E-state index is 0.0377. The second-order valence-corrected chi connectivity index (χ2v) is 7.32. The van der Waals surface area contributed by atoms with Crippen LogP contribution < -0.4 is 9.80 Å². The molecule has 1 aromatic rings. The number of hydrogen-bond donors (Lipinski definition) is 0. The van der Waals surface area contributed by atoms with Gasteiger partial charge in [-0.2, -0.15) is 0 Å². The number of carbonyl (C=O) groups is 2. The molecule has 2 fully saturated rings. The number of piperazine rings is 1. The summed E-state index contributed by atoms with van der Waals surface area (Å²) in [6.45, 7) is 11.6. The molecule has 0 radical (unpaired) electrons. The van der Waals surface area contributed by atoms with Crippen molar-refractivity contribution in [2.24, 2.45) is 0 Å². The Balaban J connectivity index is 1.66. The first kappa shape index (κ1) is 20.6. The van der Waals surface area contributed by atoms with Gasteiger partial charge in [-0.05, 0) is 18.7 Å². The Morgan fingerprint density at radius 3 is 2.36 bits per heavy atom. The second-order valence-electron chi connectivity index (χ2n) is 7.32. The lowest BCUT2D eigenvalue weighted by atomic mass is 10.2. The van der Waals surface area contributed by atoms with Gasteiger partial charge in [-0.1, -0.05) is 19.1 Å². The molecule has 0 spiro atoms. The fourth-order valence-corrected chi connectivity index (χ4v) is 3.89. The number of para-hydroxylation sites is 2. The van der Waals surface area contributed by atoms with Gasteiger partial charge in [-0.3, -0.25) is 9.59 Å². The number of ether oxygens (including phenoxy) is 1. The van der Waals surface area contributed by atoms with Crippen LogP contribution in [0.4, 0.5) is 11.4 Å². The van der Waals surface area contributed by atoms with E-state index in [1.54, 1.807) is 11.8 Å². The highest BCUT2D eigenvalue weighted by Crippen LogP contribution is 2.30. The van der Waals surface area contributed by atoms with Crippen LogP contribution in [-0.4, -0.2) is 87.2 Å². The Labute approximate surface area is 167 Å². The number of nitrogens with zero attached hydrogens (tertiary/aromatic N) is 4. The highest BCUT2D eigenvalue weighted by atomic mass is 16.5. The molecular formula is C21H32N4O3. The molecule has 0 N–H and O–H groups in total. The van der Waals surface area contributed by atoms with Gasteiger partial charge in [0.2, 0.25) is 11.8 Å². The molecule has 2 aliphatic heterocycles. The zero-order valence-corrected chi connectivity index (χ0v) is 17.1. The third-order valence-corrected chi connectivity index (χ3v) is 5.63. The molecule has 7 nitrogen and oxygen atoms in total. The van der Waals surface area contributed by atoms with Crippen LogP contribution in [0.15, 0.2) is 24.3 Å². The quantitative estimate of drug-likeness (QED) is 0.738. The Bertz CT molecular complexity index is 667. The van der Waals surface area contributed by atoms with Gasteiger partial charge in [0.05, 0.1) is 24.6 Å². The number of rotatable bonds is 6. The highest BCUT2D eigenvalue weighted by Gasteiger charge is 2.24. The van der Waals surface area contributed by atoms with Crippen LogP contribution in [0.5, 0.6) is 0 Å². The minimum atomic E-state index is -0.0377. The molecule has 0 unspecified atom stereocenters. The largest absolute Gasteiger partial charge is 0.378 e. The summed E-state index contributed by atoms with van der Waals surface area (Å²) in [7, 11) is 0. The lowest BCUT2D eigenvalue weighted by Crippen LogP contribution is -2.49. The van der Waals surface area contributed by atoms with Crippen molar-refractivity contribution in [2.45, 2.75) is 20.3 Å². The lowest BCUT2D eigenvalue weighted by Gasteiger charge is -2.35. The van der Waals surface area contributed by atoms with E-state index in [1.807, 2.05) is 29.2 Å². The molecule has 7 heteroatoms. The number of carbonyl (C=O) groups excluding carboxylic acids is 2. The van der Waals surface area contributed by atoms with Crippen LogP contribution in [-0.2, 0) is 14.3 Å². The standard InChI is InChI=1S/C21H32N4O3/c1-3-22-10-12-24(13-11-22)21(27)8-9-25(18(2)26)20-7-5-4-6-19(20)23-14-16-28-17-15-23/h4-7H,3,8-17H2,1-2H3. The van der Waals surface area contributed by atoms with E-state index < -0.39 is 0 Å². The van der Waals surface area contributed by atoms with Gasteiger partial charge in [0, 0.05) is 59.2 Å². The van der Waals surface area contributed by atoms with Crippen molar-refractivity contribution < 1.29 is 14.3 Å². The van der Waals surface area contributed by atoms with Crippen LogP contribution in [0.2, 0.25) is 0 Å². The number of morpholine rings is 1. The maximum atomic E-state index is 12.7. The van der Waals surface area contributed by atoms with E-state index in [0.717, 1.165) is 57.2 Å². The summed E-state index contributed by atoms with van der Waals surface area (Å²) in [6.07, 6.45) is 0.350. The van der Waals surface area contributed by atoms with E-state index in [2.05, 4.69) is 16.7 Å². The van der Waals surface area contributed by atoms with Gasteiger partial charge in [-0.15, -0.1) is 0 Å². The topological polar surface area (TPSA) is 56.3 Å². The van der Waals surface area contributed by atoms with E-state index in [1.165, 1.54) is 0 Å². The van der Waals surface area contributed by atoms with Crippen molar-refractivity contribution in [3.8, 4) is 0 Å². The molecule has 0 aromatic heterocycles. The Hall–Kier alpha value is -2.12. The number of likely N-dealkylation sites (N-methyl/N-ethyl adjacent to an activating group) is 1. The first-order chi connectivity index (χ1) is 13.6. The number of hydrogen-bond acceptors (Lipinski definition) is 5. The van der Waals surface area contributed by atoms with Gasteiger partial charge >= 0.3 is 0 Å². The summed E-state index contributed by atoms with van der Waals surface area (Å²) in [6, 6.07) is 7.95. The molecule has 0 aliphatic carbocycles. The highest BCUT2D eigenvalue weighted by molar-refractivity contribution is 5.96. The van der Waals surface area contributed by atoms with E-state index in [4.69, 9.17) is 4.74 Å². The van der Waals surface area contributed by atoms with Gasteiger partial charge < -0.3 is 24.3 Å². The molecule has 28 heavy (non-hydrogen) atoms. The molecule has 0 atom stereocenters. The zero-order valence-electron chi connectivity index (χ0n) is 17.1. The summed E-state index contributed by atoms with van der Waals surface area (Å²) in [5.41, 5.74) is 1.91. The van der Waals surface area contributed by atoms with Gasteiger partial charge in [0.15, 0.2) is 0 Å². The van der Waals surface area contributed by atoms with Crippen molar-refractivity contribution in [3.63, 3.8) is 0 Å². The molecule has 2 amide bonds. The number of amides is 2. The fraction of sp³-hybridized carbons (Fsp3) is 0.619. The Morgan fingerprint density at radius 1 is 1.04 bits per heavy atom. The third kappa shape index (κ3) is 5.02. The van der Waals surface area contributed by atoms with Crippen molar-refractivity contribution >= 4 is 23.2 Å². The van der Waals surface area contributed by atoms with Crippen LogP contribution in [0, 0.1) is 0 Å². The van der Waals surface area contributed by atoms with Gasteiger partial charge in [0.25, 0.3) is 0 Å². The number of anilines is 2. The first-order valence-corrected chi connectivity index (χ1v) is 10.3. The summed E-state index contributed by atoms with van der Waals surface area (Å²) in [5.74, 6) is 0.0927. The van der Waals surface area contributed by atoms with Crippen LogP contribution >= 0.6 is 0 Å². The van der Waals surface area contributed by atoms with Crippen molar-refractivity contribution in [3.05, 3.63) is 24.3 Å². The monoisotopic (exact) mass is 388 g/mol. The van der Waals surface area contributed by atoms with Gasteiger partial charge in [0.1, 0.15) is 0 Å². The SMILES string of the molecule is CCN1CCN(C(=O)CCN(C(C)=O)c2ccccc2N2CCOCC2)CC1. The maximum absolute atomic E-state index is 12.7. The average molecular weight is 389 g/mol. The summed E-state index contributed by atoms with van der Waals surface area (Å²) >= 11 is 0. The molecule has 2 aliphatic rings. The Kier molecular flexibility index (Phi) is 7.28. The lowest BCUT2D eigenvalue weighted by molar-refractivity contribution is -0.132. The number of benzene rings is 1. The normalized spacial score (nSPS) is 18.2. The smallest absolute Gasteiger partial charge is 0.224 e. The first-order valence-electron chi connectivity index (χ1n) is 10.3. The van der Waals surface area contributed by atoms with Crippen molar-refractivity contribution in [2.75, 3.05) is 75.4 Å². The summed E-state index contributed by atoms with van der Waals surface area (Å²) in [4.78, 5) is 33.4. The maximum Gasteiger partial charge on any atom is 0.224 e. The molecule has 1 aromatic carbocycles. The molecule has 154 valence electrons. The van der Waals surface area contributed by atoms with Gasteiger partial charge in [-0.25, -0.2) is 0 Å². The minimum Gasteiger partial charge on any atom is -0.378 e.